The summed E-state index contributed by atoms with van der Waals surface area (Å²) in [4.78, 5) is 0.300. The Labute approximate surface area is 125 Å². The molecule has 1 heterocycles. The lowest BCUT2D eigenvalue weighted by Gasteiger charge is -2.07. The molecule has 3 aromatic rings. The van der Waals surface area contributed by atoms with E-state index in [1.54, 1.807) is 42.6 Å². The standard InChI is InChI=1S/C14H10INO2S/c15-12-5-7-13(8-6-12)19(17,18)16-10-9-11-3-1-2-4-14(11)16/h1-10H. The van der Waals surface area contributed by atoms with E-state index in [4.69, 9.17) is 0 Å². The Morgan fingerprint density at radius 3 is 2.32 bits per heavy atom. The lowest BCUT2D eigenvalue weighted by molar-refractivity contribution is 0.589. The van der Waals surface area contributed by atoms with Crippen molar-refractivity contribution in [1.82, 2.24) is 3.97 Å². The van der Waals surface area contributed by atoms with Crippen molar-refractivity contribution >= 4 is 43.5 Å². The molecule has 0 unspecified atom stereocenters. The number of hydrogen-bond donors (Lipinski definition) is 0. The van der Waals surface area contributed by atoms with E-state index in [1.165, 1.54) is 3.97 Å². The zero-order valence-electron chi connectivity index (χ0n) is 9.82. The maximum absolute atomic E-state index is 12.6. The van der Waals surface area contributed by atoms with Crippen LogP contribution < -0.4 is 0 Å². The van der Waals surface area contributed by atoms with Gasteiger partial charge >= 0.3 is 0 Å². The molecule has 0 aliphatic rings. The van der Waals surface area contributed by atoms with Gasteiger partial charge in [0, 0.05) is 15.2 Å². The summed E-state index contributed by atoms with van der Waals surface area (Å²) in [5, 5.41) is 0.914. The van der Waals surface area contributed by atoms with Gasteiger partial charge in [0.2, 0.25) is 0 Å². The molecule has 0 N–H and O–H groups in total. The highest BCUT2D eigenvalue weighted by Crippen LogP contribution is 2.22. The van der Waals surface area contributed by atoms with Gasteiger partial charge in [-0.15, -0.1) is 0 Å². The monoisotopic (exact) mass is 383 g/mol. The first-order chi connectivity index (χ1) is 9.09. The number of aromatic nitrogens is 1. The maximum atomic E-state index is 12.6. The van der Waals surface area contributed by atoms with Crippen LogP contribution in [0.5, 0.6) is 0 Å². The smallest absolute Gasteiger partial charge is 0.241 e. The fourth-order valence-corrected chi connectivity index (χ4v) is 3.70. The molecular weight excluding hydrogens is 373 g/mol. The molecule has 0 aliphatic heterocycles. The summed E-state index contributed by atoms with van der Waals surface area (Å²) < 4.78 is 27.5. The zero-order valence-corrected chi connectivity index (χ0v) is 12.8. The van der Waals surface area contributed by atoms with Crippen LogP contribution in [0, 0.1) is 3.57 Å². The van der Waals surface area contributed by atoms with E-state index in [0.29, 0.717) is 10.4 Å². The number of hydrogen-bond acceptors (Lipinski definition) is 2. The van der Waals surface area contributed by atoms with Crippen LogP contribution in [0.1, 0.15) is 0 Å². The van der Waals surface area contributed by atoms with Crippen molar-refractivity contribution in [2.75, 3.05) is 0 Å². The van der Waals surface area contributed by atoms with Crippen molar-refractivity contribution in [3.05, 3.63) is 64.4 Å². The lowest BCUT2D eigenvalue weighted by atomic mass is 10.3. The molecule has 0 saturated carbocycles. The fourth-order valence-electron chi connectivity index (χ4n) is 1.99. The average Bonchev–Trinajstić information content (AvgIpc) is 2.83. The van der Waals surface area contributed by atoms with Crippen molar-refractivity contribution in [2.45, 2.75) is 4.90 Å². The molecule has 3 nitrogen and oxygen atoms in total. The Bertz CT molecular complexity index is 835. The second-order valence-electron chi connectivity index (χ2n) is 4.13. The van der Waals surface area contributed by atoms with E-state index in [-0.39, 0.29) is 0 Å². The van der Waals surface area contributed by atoms with Crippen LogP contribution in [0.25, 0.3) is 10.9 Å². The highest BCUT2D eigenvalue weighted by atomic mass is 127. The van der Waals surface area contributed by atoms with Gasteiger partial charge in [-0.3, -0.25) is 0 Å². The SMILES string of the molecule is O=S(=O)(c1ccc(I)cc1)n1ccc2ccccc21. The van der Waals surface area contributed by atoms with E-state index < -0.39 is 10.0 Å². The Morgan fingerprint density at radius 1 is 0.895 bits per heavy atom. The number of benzene rings is 2. The second-order valence-corrected chi connectivity index (χ2v) is 7.19. The van der Waals surface area contributed by atoms with Crippen molar-refractivity contribution in [1.29, 1.82) is 0 Å². The Morgan fingerprint density at radius 2 is 1.58 bits per heavy atom. The van der Waals surface area contributed by atoms with Crippen LogP contribution in [-0.2, 0) is 10.0 Å². The van der Waals surface area contributed by atoms with Gasteiger partial charge < -0.3 is 0 Å². The van der Waals surface area contributed by atoms with Gasteiger partial charge in [0.25, 0.3) is 10.0 Å². The Kier molecular flexibility index (Phi) is 3.10. The van der Waals surface area contributed by atoms with Gasteiger partial charge in [-0.1, -0.05) is 18.2 Å². The van der Waals surface area contributed by atoms with Gasteiger partial charge in [-0.2, -0.15) is 0 Å². The Hall–Kier alpha value is -1.34. The zero-order chi connectivity index (χ0) is 13.5. The maximum Gasteiger partial charge on any atom is 0.268 e. The summed E-state index contributed by atoms with van der Waals surface area (Å²) in [5.74, 6) is 0. The molecule has 3 rings (SSSR count). The molecule has 1 aromatic heterocycles. The molecule has 0 saturated heterocycles. The fraction of sp³-hybridized carbons (Fsp3) is 0. The number of halogens is 1. The van der Waals surface area contributed by atoms with Crippen molar-refractivity contribution < 1.29 is 8.42 Å². The normalized spacial score (nSPS) is 11.8. The first kappa shape index (κ1) is 12.7. The second kappa shape index (κ2) is 4.64. The molecule has 96 valence electrons. The van der Waals surface area contributed by atoms with Gasteiger partial charge in [0.05, 0.1) is 10.4 Å². The van der Waals surface area contributed by atoms with Crippen LogP contribution in [0.15, 0.2) is 65.7 Å². The highest BCUT2D eigenvalue weighted by molar-refractivity contribution is 14.1. The molecule has 0 spiro atoms. The first-order valence-electron chi connectivity index (χ1n) is 5.66. The van der Waals surface area contributed by atoms with Crippen LogP contribution in [0.2, 0.25) is 0 Å². The van der Waals surface area contributed by atoms with Crippen LogP contribution in [-0.4, -0.2) is 12.4 Å². The Balaban J connectivity index is 2.22. The quantitative estimate of drug-likeness (QED) is 0.636. The minimum atomic E-state index is -3.53. The van der Waals surface area contributed by atoms with Crippen LogP contribution in [0.4, 0.5) is 0 Å². The molecule has 0 atom stereocenters. The predicted molar refractivity (Wildman–Crippen MR) is 83.7 cm³/mol. The molecule has 0 bridgehead atoms. The third-order valence-electron chi connectivity index (χ3n) is 2.93. The molecule has 0 fully saturated rings. The van der Waals surface area contributed by atoms with E-state index >= 15 is 0 Å². The summed E-state index contributed by atoms with van der Waals surface area (Å²) in [5.41, 5.74) is 0.695. The topological polar surface area (TPSA) is 39.1 Å². The summed E-state index contributed by atoms with van der Waals surface area (Å²) in [6.07, 6.45) is 1.60. The molecule has 0 aliphatic carbocycles. The summed E-state index contributed by atoms with van der Waals surface area (Å²) >= 11 is 2.15. The van der Waals surface area contributed by atoms with E-state index in [1.807, 2.05) is 18.2 Å². The molecule has 19 heavy (non-hydrogen) atoms. The van der Waals surface area contributed by atoms with Gasteiger partial charge in [0.15, 0.2) is 0 Å². The van der Waals surface area contributed by atoms with Crippen LogP contribution >= 0.6 is 22.6 Å². The minimum Gasteiger partial charge on any atom is -0.241 e. The average molecular weight is 383 g/mol. The summed E-state index contributed by atoms with van der Waals surface area (Å²) in [6.45, 7) is 0. The number of rotatable bonds is 2. The molecule has 2 aromatic carbocycles. The number of nitrogens with zero attached hydrogens (tertiary/aromatic N) is 1. The van der Waals surface area contributed by atoms with E-state index in [9.17, 15) is 8.42 Å². The predicted octanol–water partition coefficient (Wildman–Crippen LogP) is 3.48. The van der Waals surface area contributed by atoms with Gasteiger partial charge in [0.1, 0.15) is 0 Å². The lowest BCUT2D eigenvalue weighted by Crippen LogP contribution is -2.11. The largest absolute Gasteiger partial charge is 0.268 e. The molecule has 5 heteroatoms. The van der Waals surface area contributed by atoms with Crippen LogP contribution in [0.3, 0.4) is 0 Å². The number of fused-ring (bicyclic) bond motifs is 1. The summed E-state index contributed by atoms with van der Waals surface area (Å²) in [6, 6.07) is 16.1. The molecule has 0 radical (unpaired) electrons. The molecule has 0 amide bonds. The van der Waals surface area contributed by atoms with E-state index in [0.717, 1.165) is 8.96 Å². The van der Waals surface area contributed by atoms with Gasteiger partial charge in [-0.05, 0) is 59.0 Å². The third-order valence-corrected chi connectivity index (χ3v) is 5.36. The number of para-hydroxylation sites is 1. The van der Waals surface area contributed by atoms with Crippen molar-refractivity contribution in [3.63, 3.8) is 0 Å². The van der Waals surface area contributed by atoms with Crippen molar-refractivity contribution in [2.24, 2.45) is 0 Å². The van der Waals surface area contributed by atoms with E-state index in [2.05, 4.69) is 22.6 Å². The van der Waals surface area contributed by atoms with Gasteiger partial charge in [-0.25, -0.2) is 12.4 Å². The first-order valence-corrected chi connectivity index (χ1v) is 8.18. The highest BCUT2D eigenvalue weighted by Gasteiger charge is 2.18. The minimum absolute atomic E-state index is 0.300. The molecular formula is C14H10INO2S. The summed E-state index contributed by atoms with van der Waals surface area (Å²) in [7, 11) is -3.53. The third kappa shape index (κ3) is 2.17. The van der Waals surface area contributed by atoms with Crippen molar-refractivity contribution in [3.8, 4) is 0 Å².